The van der Waals surface area contributed by atoms with E-state index in [-0.39, 0.29) is 11.8 Å². The van der Waals surface area contributed by atoms with Crippen LogP contribution in [0.3, 0.4) is 0 Å². The zero-order valence-electron chi connectivity index (χ0n) is 18.0. The van der Waals surface area contributed by atoms with Crippen LogP contribution in [0.25, 0.3) is 11.1 Å². The number of benzene rings is 2. The number of aryl methyl sites for hydroxylation is 1. The minimum Gasteiger partial charge on any atom is -0.438 e. The molecular weight excluding hydrogens is 388 g/mol. The number of carbonyl (C=O) groups is 1. The van der Waals surface area contributed by atoms with Crippen LogP contribution in [0.5, 0.6) is 0 Å². The molecule has 31 heavy (non-hydrogen) atoms. The van der Waals surface area contributed by atoms with Gasteiger partial charge in [0, 0.05) is 6.42 Å². The molecule has 5 heteroatoms. The molecule has 2 atom stereocenters. The molecule has 0 bridgehead atoms. The van der Waals surface area contributed by atoms with Gasteiger partial charge in [0.15, 0.2) is 11.7 Å². The topological polar surface area (TPSA) is 75.4 Å². The smallest absolute Gasteiger partial charge is 0.226 e. The highest BCUT2D eigenvalue weighted by Gasteiger charge is 2.27. The Morgan fingerprint density at radius 2 is 1.81 bits per heavy atom. The van der Waals surface area contributed by atoms with Crippen LogP contribution in [0.15, 0.2) is 59.0 Å². The number of amides is 1. The third kappa shape index (κ3) is 5.95. The van der Waals surface area contributed by atoms with Crippen molar-refractivity contribution in [3.05, 3.63) is 66.1 Å². The lowest BCUT2D eigenvalue weighted by Crippen LogP contribution is -2.40. The van der Waals surface area contributed by atoms with Gasteiger partial charge >= 0.3 is 0 Å². The van der Waals surface area contributed by atoms with E-state index in [4.69, 9.17) is 4.42 Å². The molecule has 1 heterocycles. The molecule has 1 unspecified atom stereocenters. The summed E-state index contributed by atoms with van der Waals surface area (Å²) >= 11 is 0. The van der Waals surface area contributed by atoms with Gasteiger partial charge in [0.2, 0.25) is 11.8 Å². The van der Waals surface area contributed by atoms with E-state index in [0.717, 1.165) is 12.8 Å². The lowest BCUT2D eigenvalue weighted by molar-refractivity contribution is -0.123. The largest absolute Gasteiger partial charge is 0.438 e. The fraction of sp³-hybridized carbons (Fsp3) is 0.462. The maximum Gasteiger partial charge on any atom is 0.226 e. The first-order valence-corrected chi connectivity index (χ1v) is 11.6. The van der Waals surface area contributed by atoms with E-state index in [1.54, 1.807) is 0 Å². The summed E-state index contributed by atoms with van der Waals surface area (Å²) in [7, 11) is 0. The van der Waals surface area contributed by atoms with Crippen molar-refractivity contribution in [2.75, 3.05) is 0 Å². The molecule has 0 spiro atoms. The zero-order valence-corrected chi connectivity index (χ0v) is 18.0. The molecule has 164 valence electrons. The highest BCUT2D eigenvalue weighted by atomic mass is 16.4. The Morgan fingerprint density at radius 3 is 2.58 bits per heavy atom. The molecular formula is C26H32N2O3. The van der Waals surface area contributed by atoms with E-state index in [0.29, 0.717) is 29.9 Å². The first-order chi connectivity index (χ1) is 15.2. The van der Waals surface area contributed by atoms with Crippen molar-refractivity contribution in [3.8, 4) is 0 Å². The van der Waals surface area contributed by atoms with Crippen molar-refractivity contribution >= 4 is 17.0 Å². The number of hydrogen-bond donors (Lipinski definition) is 2. The van der Waals surface area contributed by atoms with Gasteiger partial charge in [-0.15, -0.1) is 0 Å². The van der Waals surface area contributed by atoms with Crippen LogP contribution in [0.1, 0.15) is 68.9 Å². The van der Waals surface area contributed by atoms with Crippen molar-refractivity contribution in [1.82, 2.24) is 10.3 Å². The Bertz CT molecular complexity index is 930. The number of oxazole rings is 1. The van der Waals surface area contributed by atoms with Crippen molar-refractivity contribution in [2.24, 2.45) is 5.92 Å². The van der Waals surface area contributed by atoms with Crippen molar-refractivity contribution in [1.29, 1.82) is 0 Å². The highest BCUT2D eigenvalue weighted by molar-refractivity contribution is 5.76. The van der Waals surface area contributed by atoms with E-state index in [2.05, 4.69) is 22.4 Å². The van der Waals surface area contributed by atoms with Crippen LogP contribution in [0, 0.1) is 5.92 Å². The summed E-state index contributed by atoms with van der Waals surface area (Å²) in [6.45, 7) is 0. The van der Waals surface area contributed by atoms with Crippen molar-refractivity contribution in [3.63, 3.8) is 0 Å². The summed E-state index contributed by atoms with van der Waals surface area (Å²) < 4.78 is 5.79. The summed E-state index contributed by atoms with van der Waals surface area (Å²) in [5.41, 5.74) is 2.53. The summed E-state index contributed by atoms with van der Waals surface area (Å²) in [6, 6.07) is 17.1. The monoisotopic (exact) mass is 420 g/mol. The first-order valence-electron chi connectivity index (χ1n) is 11.6. The minimum atomic E-state index is -0.991. The standard InChI is InChI=1S/C26H32N2O3/c29-24(18-16-20-11-5-2-6-12-20)27-22(17-15-19-9-3-1-4-10-19)25(30)26-28-21-13-7-8-14-23(21)31-26/h1,3-4,7-10,13-14,20,22,25,30H,2,5-6,11-12,15-18H2,(H,27,29)/t22-,25?/m0/s1. The number of carbonyl (C=O) groups excluding carboxylic acids is 1. The molecule has 1 aromatic heterocycles. The predicted octanol–water partition coefficient (Wildman–Crippen LogP) is 5.34. The van der Waals surface area contributed by atoms with Crippen LogP contribution in [-0.2, 0) is 11.2 Å². The van der Waals surface area contributed by atoms with Gasteiger partial charge < -0.3 is 14.8 Å². The molecule has 1 aliphatic carbocycles. The molecule has 0 saturated heterocycles. The van der Waals surface area contributed by atoms with E-state index in [1.165, 1.54) is 37.7 Å². The van der Waals surface area contributed by atoms with E-state index in [1.807, 2.05) is 42.5 Å². The molecule has 3 aromatic rings. The quantitative estimate of drug-likeness (QED) is 0.490. The first kappa shape index (κ1) is 21.6. The zero-order chi connectivity index (χ0) is 21.5. The molecule has 5 nitrogen and oxygen atoms in total. The van der Waals surface area contributed by atoms with Crippen LogP contribution >= 0.6 is 0 Å². The van der Waals surface area contributed by atoms with E-state index < -0.39 is 12.1 Å². The van der Waals surface area contributed by atoms with Gasteiger partial charge in [-0.05, 0) is 42.9 Å². The Morgan fingerprint density at radius 1 is 1.06 bits per heavy atom. The van der Waals surface area contributed by atoms with Crippen LogP contribution in [0.4, 0.5) is 0 Å². The normalized spacial score (nSPS) is 16.8. The fourth-order valence-electron chi connectivity index (χ4n) is 4.55. The Kier molecular flexibility index (Phi) is 7.36. The van der Waals surface area contributed by atoms with Gasteiger partial charge in [-0.25, -0.2) is 4.98 Å². The van der Waals surface area contributed by atoms with Gasteiger partial charge in [0.1, 0.15) is 5.52 Å². The molecule has 1 amide bonds. The molecule has 2 N–H and O–H groups in total. The third-order valence-corrected chi connectivity index (χ3v) is 6.38. The second-order valence-corrected chi connectivity index (χ2v) is 8.71. The number of para-hydroxylation sites is 2. The number of aliphatic hydroxyl groups excluding tert-OH is 1. The predicted molar refractivity (Wildman–Crippen MR) is 121 cm³/mol. The van der Waals surface area contributed by atoms with Gasteiger partial charge in [-0.3, -0.25) is 4.79 Å². The lowest BCUT2D eigenvalue weighted by atomic mass is 9.86. The van der Waals surface area contributed by atoms with Crippen LogP contribution in [0.2, 0.25) is 0 Å². The van der Waals surface area contributed by atoms with Crippen molar-refractivity contribution < 1.29 is 14.3 Å². The Hall–Kier alpha value is -2.66. The Labute approximate surface area is 183 Å². The van der Waals surface area contributed by atoms with Gasteiger partial charge in [-0.2, -0.15) is 0 Å². The molecule has 0 aliphatic heterocycles. The third-order valence-electron chi connectivity index (χ3n) is 6.38. The lowest BCUT2D eigenvalue weighted by Gasteiger charge is -2.24. The average Bonchev–Trinajstić information content (AvgIpc) is 3.26. The fourth-order valence-corrected chi connectivity index (χ4v) is 4.55. The molecule has 1 fully saturated rings. The second kappa shape index (κ2) is 10.6. The molecule has 2 aromatic carbocycles. The van der Waals surface area contributed by atoms with Gasteiger partial charge in [0.05, 0.1) is 6.04 Å². The number of rotatable bonds is 9. The summed E-state index contributed by atoms with van der Waals surface area (Å²) in [5.74, 6) is 0.912. The maximum absolute atomic E-state index is 12.7. The molecule has 1 aliphatic rings. The maximum atomic E-state index is 12.7. The molecule has 1 saturated carbocycles. The van der Waals surface area contributed by atoms with Gasteiger partial charge in [-0.1, -0.05) is 74.6 Å². The summed E-state index contributed by atoms with van der Waals surface area (Å²) in [5, 5.41) is 14.1. The number of nitrogens with zero attached hydrogens (tertiary/aromatic N) is 1. The van der Waals surface area contributed by atoms with Gasteiger partial charge in [0.25, 0.3) is 0 Å². The molecule has 0 radical (unpaired) electrons. The number of hydrogen-bond acceptors (Lipinski definition) is 4. The summed E-state index contributed by atoms with van der Waals surface area (Å²) in [4.78, 5) is 17.2. The van der Waals surface area contributed by atoms with E-state index in [9.17, 15) is 9.90 Å². The number of fused-ring (bicyclic) bond motifs is 1. The number of aromatic nitrogens is 1. The minimum absolute atomic E-state index is 0.00111. The second-order valence-electron chi connectivity index (χ2n) is 8.71. The van der Waals surface area contributed by atoms with Crippen LogP contribution in [-0.4, -0.2) is 22.0 Å². The highest BCUT2D eigenvalue weighted by Crippen LogP contribution is 2.28. The molecule has 4 rings (SSSR count). The SMILES string of the molecule is O=C(CCC1CCCCC1)N[C@@H](CCc1ccccc1)C(O)c1nc2ccccc2o1. The summed E-state index contributed by atoms with van der Waals surface area (Å²) in [6.07, 6.45) is 8.15. The van der Waals surface area contributed by atoms with Crippen molar-refractivity contribution in [2.45, 2.75) is 69.9 Å². The number of aliphatic hydroxyl groups is 1. The average molecular weight is 421 g/mol. The van der Waals surface area contributed by atoms with Crippen LogP contribution < -0.4 is 5.32 Å². The van der Waals surface area contributed by atoms with E-state index >= 15 is 0 Å². The number of nitrogens with one attached hydrogen (secondary N) is 1. The Balaban J connectivity index is 1.42.